The second kappa shape index (κ2) is 9.83. The Labute approximate surface area is 187 Å². The maximum absolute atomic E-state index is 12.4. The zero-order valence-corrected chi connectivity index (χ0v) is 18.1. The van der Waals surface area contributed by atoms with Gasteiger partial charge in [0.1, 0.15) is 12.4 Å². The minimum absolute atomic E-state index is 0.194. The van der Waals surface area contributed by atoms with Crippen LogP contribution in [0, 0.1) is 0 Å². The molecule has 0 bridgehead atoms. The first-order chi connectivity index (χ1) is 15.6. The molecule has 4 aromatic rings. The number of anilines is 1. The van der Waals surface area contributed by atoms with Crippen LogP contribution < -0.4 is 10.1 Å². The van der Waals surface area contributed by atoms with Gasteiger partial charge in [0, 0.05) is 19.0 Å². The zero-order valence-electron chi connectivity index (χ0n) is 18.1. The third-order valence-electron chi connectivity index (χ3n) is 5.17. The molecular formula is C26H25N3O3. The average molecular weight is 428 g/mol. The molecule has 3 aromatic carbocycles. The van der Waals surface area contributed by atoms with E-state index in [1.165, 1.54) is 0 Å². The summed E-state index contributed by atoms with van der Waals surface area (Å²) in [5, 5.41) is 2.79. The highest BCUT2D eigenvalue weighted by Crippen LogP contribution is 2.30. The number of ether oxygens (including phenoxy) is 2. The van der Waals surface area contributed by atoms with Gasteiger partial charge in [-0.15, -0.1) is 0 Å². The Morgan fingerprint density at radius 1 is 0.906 bits per heavy atom. The molecule has 4 rings (SSSR count). The van der Waals surface area contributed by atoms with Crippen molar-refractivity contribution in [2.24, 2.45) is 7.05 Å². The molecule has 0 spiro atoms. The molecule has 0 unspecified atom stereocenters. The fourth-order valence-electron chi connectivity index (χ4n) is 3.54. The SMILES string of the molecule is COc1ccc(-c2c(Cc3ccccc3)nc(NC(=O)OCc3ccccc3)n2C)cc1. The van der Waals surface area contributed by atoms with E-state index in [0.29, 0.717) is 12.4 Å². The van der Waals surface area contributed by atoms with Crippen molar-refractivity contribution in [3.8, 4) is 17.0 Å². The molecule has 0 saturated carbocycles. The van der Waals surface area contributed by atoms with Crippen molar-refractivity contribution in [2.75, 3.05) is 12.4 Å². The molecule has 0 aliphatic carbocycles. The monoisotopic (exact) mass is 427 g/mol. The molecule has 0 radical (unpaired) electrons. The lowest BCUT2D eigenvalue weighted by atomic mass is 10.0. The van der Waals surface area contributed by atoms with Crippen LogP contribution in [0.2, 0.25) is 0 Å². The average Bonchev–Trinajstić information content (AvgIpc) is 3.13. The molecule has 6 nitrogen and oxygen atoms in total. The molecule has 1 amide bonds. The van der Waals surface area contributed by atoms with Crippen molar-refractivity contribution in [2.45, 2.75) is 13.0 Å². The molecule has 1 heterocycles. The molecule has 1 aromatic heterocycles. The minimum Gasteiger partial charge on any atom is -0.497 e. The molecule has 32 heavy (non-hydrogen) atoms. The van der Waals surface area contributed by atoms with Gasteiger partial charge in [0.15, 0.2) is 0 Å². The van der Waals surface area contributed by atoms with E-state index in [1.807, 2.05) is 84.4 Å². The predicted octanol–water partition coefficient (Wildman–Crippen LogP) is 5.44. The summed E-state index contributed by atoms with van der Waals surface area (Å²) in [6, 6.07) is 27.5. The molecule has 1 N–H and O–H groups in total. The van der Waals surface area contributed by atoms with Gasteiger partial charge in [-0.25, -0.2) is 9.78 Å². The van der Waals surface area contributed by atoms with Gasteiger partial charge < -0.3 is 14.0 Å². The van der Waals surface area contributed by atoms with Crippen LogP contribution in [0.15, 0.2) is 84.9 Å². The summed E-state index contributed by atoms with van der Waals surface area (Å²) in [5.74, 6) is 1.21. The first-order valence-electron chi connectivity index (χ1n) is 10.4. The van der Waals surface area contributed by atoms with Crippen LogP contribution in [0.4, 0.5) is 10.7 Å². The molecule has 6 heteroatoms. The van der Waals surface area contributed by atoms with E-state index < -0.39 is 6.09 Å². The second-order valence-electron chi connectivity index (χ2n) is 7.37. The quantitative estimate of drug-likeness (QED) is 0.427. The van der Waals surface area contributed by atoms with Gasteiger partial charge in [-0.05, 0) is 35.4 Å². The molecule has 0 atom stereocenters. The summed E-state index contributed by atoms with van der Waals surface area (Å²) in [6.45, 7) is 0.194. The largest absolute Gasteiger partial charge is 0.497 e. The van der Waals surface area contributed by atoms with Crippen molar-refractivity contribution in [1.29, 1.82) is 0 Å². The standard InChI is InChI=1S/C26H25N3O3/c1-29-24(21-13-15-22(31-2)16-14-21)23(17-19-9-5-3-6-10-19)27-25(29)28-26(30)32-18-20-11-7-4-8-12-20/h3-16H,17-18H2,1-2H3,(H,27,28,30). The van der Waals surface area contributed by atoms with Crippen LogP contribution in [-0.4, -0.2) is 22.8 Å². The fraction of sp³-hybridized carbons (Fsp3) is 0.154. The van der Waals surface area contributed by atoms with Crippen molar-refractivity contribution < 1.29 is 14.3 Å². The molecule has 162 valence electrons. The van der Waals surface area contributed by atoms with Crippen LogP contribution >= 0.6 is 0 Å². The van der Waals surface area contributed by atoms with Crippen LogP contribution in [0.1, 0.15) is 16.8 Å². The van der Waals surface area contributed by atoms with Crippen molar-refractivity contribution in [3.63, 3.8) is 0 Å². The number of methoxy groups -OCH3 is 1. The highest BCUT2D eigenvalue weighted by Gasteiger charge is 2.19. The lowest BCUT2D eigenvalue weighted by molar-refractivity contribution is 0.155. The lowest BCUT2D eigenvalue weighted by Gasteiger charge is -2.10. The smallest absolute Gasteiger partial charge is 0.414 e. The Bertz CT molecular complexity index is 1170. The summed E-state index contributed by atoms with van der Waals surface area (Å²) in [6.07, 6.45) is 0.0889. The number of rotatable bonds is 7. The van der Waals surface area contributed by atoms with Crippen LogP contribution in [-0.2, 0) is 24.8 Å². The maximum Gasteiger partial charge on any atom is 0.414 e. The lowest BCUT2D eigenvalue weighted by Crippen LogP contribution is -2.16. The second-order valence-corrected chi connectivity index (χ2v) is 7.37. The normalized spacial score (nSPS) is 10.6. The molecular weight excluding hydrogens is 402 g/mol. The van der Waals surface area contributed by atoms with Gasteiger partial charge in [-0.2, -0.15) is 0 Å². The van der Waals surface area contributed by atoms with Gasteiger partial charge in [0.05, 0.1) is 18.5 Å². The number of nitrogens with zero attached hydrogens (tertiary/aromatic N) is 2. The molecule has 0 aliphatic rings. The van der Waals surface area contributed by atoms with Crippen LogP contribution in [0.3, 0.4) is 0 Å². The van der Waals surface area contributed by atoms with E-state index in [1.54, 1.807) is 7.11 Å². The topological polar surface area (TPSA) is 65.4 Å². The number of hydrogen-bond donors (Lipinski definition) is 1. The summed E-state index contributed by atoms with van der Waals surface area (Å²) in [7, 11) is 3.52. The zero-order chi connectivity index (χ0) is 22.3. The number of aromatic nitrogens is 2. The number of nitrogens with one attached hydrogen (secondary N) is 1. The highest BCUT2D eigenvalue weighted by molar-refractivity contribution is 5.83. The van der Waals surface area contributed by atoms with Gasteiger partial charge >= 0.3 is 6.09 Å². The minimum atomic E-state index is -0.547. The predicted molar refractivity (Wildman–Crippen MR) is 125 cm³/mol. The van der Waals surface area contributed by atoms with Crippen LogP contribution in [0.5, 0.6) is 5.75 Å². The Hall–Kier alpha value is -4.06. The number of amides is 1. The summed E-state index contributed by atoms with van der Waals surface area (Å²) < 4.78 is 12.5. The highest BCUT2D eigenvalue weighted by atomic mass is 16.5. The van der Waals surface area contributed by atoms with E-state index in [2.05, 4.69) is 17.4 Å². The van der Waals surface area contributed by atoms with E-state index in [0.717, 1.165) is 33.8 Å². The Morgan fingerprint density at radius 2 is 1.53 bits per heavy atom. The Morgan fingerprint density at radius 3 is 2.16 bits per heavy atom. The fourth-order valence-corrected chi connectivity index (χ4v) is 3.54. The molecule has 0 saturated heterocycles. The van der Waals surface area contributed by atoms with Gasteiger partial charge in [-0.1, -0.05) is 60.7 Å². The van der Waals surface area contributed by atoms with E-state index in [9.17, 15) is 4.79 Å². The summed E-state index contributed by atoms with van der Waals surface area (Å²) >= 11 is 0. The number of carbonyl (C=O) groups excluding carboxylic acids is 1. The van der Waals surface area contributed by atoms with E-state index in [-0.39, 0.29) is 6.61 Å². The summed E-state index contributed by atoms with van der Waals surface area (Å²) in [4.78, 5) is 17.2. The first kappa shape index (κ1) is 21.2. The third-order valence-corrected chi connectivity index (χ3v) is 5.17. The number of benzene rings is 3. The van der Waals surface area contributed by atoms with Crippen molar-refractivity contribution >= 4 is 12.0 Å². The number of carbonyl (C=O) groups is 1. The van der Waals surface area contributed by atoms with E-state index in [4.69, 9.17) is 14.5 Å². The van der Waals surface area contributed by atoms with Gasteiger partial charge in [-0.3, -0.25) is 5.32 Å². The van der Waals surface area contributed by atoms with Crippen molar-refractivity contribution in [1.82, 2.24) is 9.55 Å². The third kappa shape index (κ3) is 4.98. The Kier molecular flexibility index (Phi) is 6.51. The maximum atomic E-state index is 12.4. The first-order valence-corrected chi connectivity index (χ1v) is 10.4. The van der Waals surface area contributed by atoms with Crippen molar-refractivity contribution in [3.05, 3.63) is 102 Å². The molecule has 0 aliphatic heterocycles. The van der Waals surface area contributed by atoms with Gasteiger partial charge in [0.25, 0.3) is 0 Å². The Balaban J connectivity index is 1.60. The van der Waals surface area contributed by atoms with E-state index >= 15 is 0 Å². The number of imidazole rings is 1. The summed E-state index contributed by atoms with van der Waals surface area (Å²) in [5.41, 5.74) is 4.83. The molecule has 0 fully saturated rings. The number of hydrogen-bond acceptors (Lipinski definition) is 4. The van der Waals surface area contributed by atoms with Crippen LogP contribution in [0.25, 0.3) is 11.3 Å². The van der Waals surface area contributed by atoms with Gasteiger partial charge in [0.2, 0.25) is 5.95 Å².